The van der Waals surface area contributed by atoms with Crippen molar-refractivity contribution in [3.05, 3.63) is 35.4 Å². The number of hydrogen-bond acceptors (Lipinski definition) is 4. The Morgan fingerprint density at radius 2 is 2.04 bits per heavy atom. The maximum absolute atomic E-state index is 11.9. The van der Waals surface area contributed by atoms with E-state index in [1.807, 2.05) is 18.2 Å². The Bertz CT molecular complexity index is 543. The second kappa shape index (κ2) is 7.43. The lowest BCUT2D eigenvalue weighted by Gasteiger charge is -2.44. The van der Waals surface area contributed by atoms with Crippen LogP contribution in [0, 0.1) is 0 Å². The van der Waals surface area contributed by atoms with Gasteiger partial charge in [-0.25, -0.2) is 0 Å². The number of amides is 1. The van der Waals surface area contributed by atoms with Crippen molar-refractivity contribution in [2.24, 2.45) is 0 Å². The molecule has 3 rings (SSSR count). The van der Waals surface area contributed by atoms with E-state index in [2.05, 4.69) is 28.2 Å². The van der Waals surface area contributed by atoms with Crippen LogP contribution in [0.3, 0.4) is 0 Å². The molecule has 23 heavy (non-hydrogen) atoms. The molecule has 1 N–H and O–H groups in total. The van der Waals surface area contributed by atoms with E-state index in [1.54, 1.807) is 7.05 Å². The van der Waals surface area contributed by atoms with Crippen molar-refractivity contribution in [1.29, 1.82) is 0 Å². The normalized spacial score (nSPS) is 24.5. The Morgan fingerprint density at radius 3 is 2.78 bits per heavy atom. The van der Waals surface area contributed by atoms with Crippen LogP contribution < -0.4 is 5.32 Å². The van der Waals surface area contributed by atoms with Crippen molar-refractivity contribution in [3.8, 4) is 0 Å². The third-order valence-electron chi connectivity index (χ3n) is 5.15. The summed E-state index contributed by atoms with van der Waals surface area (Å²) in [5, 5.41) is 2.71. The third-order valence-corrected chi connectivity index (χ3v) is 5.15. The minimum atomic E-state index is -0.0217. The van der Waals surface area contributed by atoms with Gasteiger partial charge in [-0.1, -0.05) is 12.1 Å². The number of likely N-dealkylation sites (N-methyl/N-ethyl adjacent to an activating group) is 1. The fourth-order valence-electron chi connectivity index (χ4n) is 3.67. The molecule has 1 amide bonds. The number of benzene rings is 1. The van der Waals surface area contributed by atoms with Gasteiger partial charge in [0.05, 0.1) is 0 Å². The number of nitrogens with zero attached hydrogens (tertiary/aromatic N) is 2. The van der Waals surface area contributed by atoms with Gasteiger partial charge < -0.3 is 10.1 Å². The predicted octanol–water partition coefficient (Wildman–Crippen LogP) is 1.51. The molecule has 0 aromatic heterocycles. The minimum Gasteiger partial charge on any atom is -0.381 e. The zero-order valence-electron chi connectivity index (χ0n) is 14.1. The standard InChI is InChI=1S/C18H27N3O2/c1-19-18(22)15-5-3-4-14(12-15)17-13-21(9-8-20(17)2)16-6-10-23-11-7-16/h3-5,12,16-17H,6-11,13H2,1-2H3,(H,19,22)/t17-/m0/s1. The highest BCUT2D eigenvalue weighted by Gasteiger charge is 2.30. The molecule has 2 fully saturated rings. The van der Waals surface area contributed by atoms with E-state index in [0.29, 0.717) is 12.1 Å². The second-order valence-electron chi connectivity index (χ2n) is 6.54. The van der Waals surface area contributed by atoms with Gasteiger partial charge in [0.15, 0.2) is 0 Å². The molecule has 2 saturated heterocycles. The number of hydrogen-bond donors (Lipinski definition) is 1. The molecular weight excluding hydrogens is 290 g/mol. The Hall–Kier alpha value is -1.43. The molecule has 0 saturated carbocycles. The Kier molecular flexibility index (Phi) is 5.30. The fourth-order valence-corrected chi connectivity index (χ4v) is 3.67. The van der Waals surface area contributed by atoms with Crippen LogP contribution in [-0.4, -0.2) is 68.7 Å². The third kappa shape index (κ3) is 3.74. The number of ether oxygens (including phenoxy) is 1. The maximum Gasteiger partial charge on any atom is 0.251 e. The minimum absolute atomic E-state index is 0.0217. The lowest BCUT2D eigenvalue weighted by atomic mass is 9.98. The Labute approximate surface area is 138 Å². The summed E-state index contributed by atoms with van der Waals surface area (Å²) in [7, 11) is 3.85. The molecule has 0 aliphatic carbocycles. The van der Waals surface area contributed by atoms with Gasteiger partial charge in [-0.05, 0) is 37.6 Å². The van der Waals surface area contributed by atoms with Crippen molar-refractivity contribution in [2.75, 3.05) is 46.9 Å². The molecule has 5 nitrogen and oxygen atoms in total. The first-order valence-corrected chi connectivity index (χ1v) is 8.53. The molecule has 2 aliphatic rings. The highest BCUT2D eigenvalue weighted by molar-refractivity contribution is 5.94. The van der Waals surface area contributed by atoms with Crippen LogP contribution in [0.4, 0.5) is 0 Å². The number of carbonyl (C=O) groups is 1. The summed E-state index contributed by atoms with van der Waals surface area (Å²) in [5.41, 5.74) is 1.96. The summed E-state index contributed by atoms with van der Waals surface area (Å²) < 4.78 is 5.50. The van der Waals surface area contributed by atoms with Crippen LogP contribution >= 0.6 is 0 Å². The van der Waals surface area contributed by atoms with E-state index in [0.717, 1.165) is 51.3 Å². The van der Waals surface area contributed by atoms with Crippen LogP contribution in [0.1, 0.15) is 34.8 Å². The van der Waals surface area contributed by atoms with Crippen molar-refractivity contribution in [1.82, 2.24) is 15.1 Å². The van der Waals surface area contributed by atoms with Gasteiger partial charge in [-0.2, -0.15) is 0 Å². The van der Waals surface area contributed by atoms with Crippen molar-refractivity contribution >= 4 is 5.91 Å². The van der Waals surface area contributed by atoms with Gasteiger partial charge in [0.1, 0.15) is 0 Å². The van der Waals surface area contributed by atoms with Crippen LogP contribution in [0.5, 0.6) is 0 Å². The molecule has 0 radical (unpaired) electrons. The highest BCUT2D eigenvalue weighted by atomic mass is 16.5. The Balaban J connectivity index is 1.75. The van der Waals surface area contributed by atoms with Crippen LogP contribution in [-0.2, 0) is 4.74 Å². The van der Waals surface area contributed by atoms with Gasteiger partial charge in [-0.3, -0.25) is 14.6 Å². The van der Waals surface area contributed by atoms with Crippen LogP contribution in [0.2, 0.25) is 0 Å². The van der Waals surface area contributed by atoms with Crippen molar-refractivity contribution in [2.45, 2.75) is 24.9 Å². The molecule has 1 atom stereocenters. The molecule has 1 aromatic rings. The predicted molar refractivity (Wildman–Crippen MR) is 90.6 cm³/mol. The highest BCUT2D eigenvalue weighted by Crippen LogP contribution is 2.27. The van der Waals surface area contributed by atoms with E-state index in [4.69, 9.17) is 4.74 Å². The summed E-state index contributed by atoms with van der Waals surface area (Å²) in [6, 6.07) is 9.02. The van der Waals surface area contributed by atoms with E-state index < -0.39 is 0 Å². The van der Waals surface area contributed by atoms with Gasteiger partial charge in [-0.15, -0.1) is 0 Å². The quantitative estimate of drug-likeness (QED) is 0.918. The van der Waals surface area contributed by atoms with E-state index in [-0.39, 0.29) is 5.91 Å². The number of rotatable bonds is 3. The van der Waals surface area contributed by atoms with Crippen molar-refractivity contribution < 1.29 is 9.53 Å². The molecule has 2 heterocycles. The molecule has 0 unspecified atom stereocenters. The smallest absolute Gasteiger partial charge is 0.251 e. The summed E-state index contributed by atoms with van der Waals surface area (Å²) in [6.07, 6.45) is 2.27. The van der Waals surface area contributed by atoms with Gasteiger partial charge in [0.2, 0.25) is 0 Å². The molecule has 5 heteroatoms. The van der Waals surface area contributed by atoms with Crippen LogP contribution in [0.15, 0.2) is 24.3 Å². The largest absolute Gasteiger partial charge is 0.381 e. The molecule has 0 bridgehead atoms. The van der Waals surface area contributed by atoms with Gasteiger partial charge >= 0.3 is 0 Å². The Morgan fingerprint density at radius 1 is 1.26 bits per heavy atom. The SMILES string of the molecule is CNC(=O)c1cccc([C@@H]2CN(C3CCOCC3)CCN2C)c1. The van der Waals surface area contributed by atoms with Gasteiger partial charge in [0, 0.05) is 57.5 Å². The average Bonchev–Trinajstić information content (AvgIpc) is 2.62. The maximum atomic E-state index is 11.9. The van der Waals surface area contributed by atoms with Crippen LogP contribution in [0.25, 0.3) is 0 Å². The summed E-state index contributed by atoms with van der Waals surface area (Å²) >= 11 is 0. The summed E-state index contributed by atoms with van der Waals surface area (Å²) in [5.74, 6) is -0.0217. The summed E-state index contributed by atoms with van der Waals surface area (Å²) in [4.78, 5) is 16.9. The van der Waals surface area contributed by atoms with E-state index in [1.165, 1.54) is 5.56 Å². The topological polar surface area (TPSA) is 44.8 Å². The first kappa shape index (κ1) is 16.4. The zero-order valence-corrected chi connectivity index (χ0v) is 14.1. The van der Waals surface area contributed by atoms with E-state index >= 15 is 0 Å². The zero-order chi connectivity index (χ0) is 16.2. The van der Waals surface area contributed by atoms with Gasteiger partial charge in [0.25, 0.3) is 5.91 Å². The monoisotopic (exact) mass is 317 g/mol. The van der Waals surface area contributed by atoms with E-state index in [9.17, 15) is 4.79 Å². The molecule has 1 aromatic carbocycles. The number of carbonyl (C=O) groups excluding carboxylic acids is 1. The first-order valence-electron chi connectivity index (χ1n) is 8.53. The number of nitrogens with one attached hydrogen (secondary N) is 1. The van der Waals surface area contributed by atoms with Crippen molar-refractivity contribution in [3.63, 3.8) is 0 Å². The molecule has 126 valence electrons. The summed E-state index contributed by atoms with van der Waals surface area (Å²) in [6.45, 7) is 4.97. The molecule has 2 aliphatic heterocycles. The lowest BCUT2D eigenvalue weighted by Crippen LogP contribution is -2.51. The second-order valence-corrected chi connectivity index (χ2v) is 6.54. The first-order chi connectivity index (χ1) is 11.2. The molecule has 0 spiro atoms. The average molecular weight is 317 g/mol. The number of piperazine rings is 1. The fraction of sp³-hybridized carbons (Fsp3) is 0.611. The molecular formula is C18H27N3O2. The lowest BCUT2D eigenvalue weighted by molar-refractivity contribution is 0.000987.